The predicted molar refractivity (Wildman–Crippen MR) is 111 cm³/mol. The monoisotopic (exact) mass is 386 g/mol. The Labute approximate surface area is 170 Å². The first kappa shape index (κ1) is 18.7. The summed E-state index contributed by atoms with van der Waals surface area (Å²) in [6, 6.07) is 17.9. The van der Waals surface area contributed by atoms with Crippen LogP contribution in [0.2, 0.25) is 0 Å². The summed E-state index contributed by atoms with van der Waals surface area (Å²) >= 11 is 0. The number of hydrogen-bond acceptors (Lipinski definition) is 5. The summed E-state index contributed by atoms with van der Waals surface area (Å²) < 4.78 is 16.4. The number of allylic oxidation sites excluding steroid dienone is 3. The Kier molecular flexibility index (Phi) is 5.01. The molecule has 146 valence electrons. The zero-order chi connectivity index (χ0) is 20.4. The molecule has 1 unspecified atom stereocenters. The van der Waals surface area contributed by atoms with Crippen molar-refractivity contribution in [1.29, 1.82) is 5.26 Å². The highest BCUT2D eigenvalue weighted by Crippen LogP contribution is 2.48. The van der Waals surface area contributed by atoms with E-state index in [1.807, 2.05) is 48.5 Å². The number of methoxy groups -OCH3 is 2. The summed E-state index contributed by atoms with van der Waals surface area (Å²) in [4.78, 5) is 0. The van der Waals surface area contributed by atoms with Crippen LogP contribution in [0.15, 0.2) is 76.9 Å². The Morgan fingerprint density at radius 3 is 2.21 bits per heavy atom. The molecule has 5 heteroatoms. The van der Waals surface area contributed by atoms with Gasteiger partial charge in [-0.05, 0) is 65.5 Å². The van der Waals surface area contributed by atoms with Crippen molar-refractivity contribution in [3.63, 3.8) is 0 Å². The third-order valence-corrected chi connectivity index (χ3v) is 5.39. The van der Waals surface area contributed by atoms with Gasteiger partial charge in [-0.1, -0.05) is 24.3 Å². The molecule has 0 radical (unpaired) electrons. The molecule has 0 fully saturated rings. The standard InChI is InChI=1S/C24H22N2O3/c1-27-18-8-3-15(4-9-18)13-17-7-12-20-22(16-5-10-19(28-2)11-6-16)21(14-25)24(26)29-23(17)20/h3-6,8-11,13,22H,7,12,26H2,1-2H3. The lowest BCUT2D eigenvalue weighted by atomic mass is 9.83. The highest BCUT2D eigenvalue weighted by Gasteiger charge is 2.37. The number of nitriles is 1. The van der Waals surface area contributed by atoms with Crippen molar-refractivity contribution in [2.45, 2.75) is 18.8 Å². The van der Waals surface area contributed by atoms with Gasteiger partial charge in [-0.15, -0.1) is 0 Å². The van der Waals surface area contributed by atoms with E-state index in [0.717, 1.165) is 52.4 Å². The van der Waals surface area contributed by atoms with Gasteiger partial charge in [-0.2, -0.15) is 5.26 Å². The van der Waals surface area contributed by atoms with Gasteiger partial charge in [0.05, 0.1) is 14.2 Å². The van der Waals surface area contributed by atoms with Crippen molar-refractivity contribution >= 4 is 6.08 Å². The number of nitrogens with two attached hydrogens (primary N) is 1. The minimum Gasteiger partial charge on any atom is -0.497 e. The fourth-order valence-electron chi connectivity index (χ4n) is 3.91. The van der Waals surface area contributed by atoms with Gasteiger partial charge in [-0.3, -0.25) is 0 Å². The van der Waals surface area contributed by atoms with Crippen LogP contribution in [-0.2, 0) is 4.74 Å². The Hall–Kier alpha value is -3.65. The lowest BCUT2D eigenvalue weighted by Gasteiger charge is -2.26. The van der Waals surface area contributed by atoms with Crippen molar-refractivity contribution in [3.05, 3.63) is 88.0 Å². The molecule has 1 aliphatic heterocycles. The van der Waals surface area contributed by atoms with Gasteiger partial charge in [0.15, 0.2) is 0 Å². The van der Waals surface area contributed by atoms with Crippen molar-refractivity contribution in [1.82, 2.24) is 0 Å². The van der Waals surface area contributed by atoms with Gasteiger partial charge >= 0.3 is 0 Å². The minimum atomic E-state index is -0.198. The normalized spacial score (nSPS) is 19.6. The second-order valence-corrected chi connectivity index (χ2v) is 7.00. The maximum absolute atomic E-state index is 9.72. The third-order valence-electron chi connectivity index (χ3n) is 5.39. The zero-order valence-electron chi connectivity index (χ0n) is 16.4. The van der Waals surface area contributed by atoms with Gasteiger partial charge < -0.3 is 19.9 Å². The third kappa shape index (κ3) is 3.45. The van der Waals surface area contributed by atoms with Crippen LogP contribution in [0.5, 0.6) is 11.5 Å². The summed E-state index contributed by atoms with van der Waals surface area (Å²) in [6.07, 6.45) is 3.78. The molecule has 29 heavy (non-hydrogen) atoms. The lowest BCUT2D eigenvalue weighted by Crippen LogP contribution is -2.19. The maximum Gasteiger partial charge on any atom is 0.205 e. The van der Waals surface area contributed by atoms with Gasteiger partial charge in [-0.25, -0.2) is 0 Å². The molecule has 2 aliphatic rings. The second-order valence-electron chi connectivity index (χ2n) is 7.00. The molecular weight excluding hydrogens is 364 g/mol. The van der Waals surface area contributed by atoms with E-state index in [2.05, 4.69) is 12.1 Å². The maximum atomic E-state index is 9.72. The SMILES string of the molecule is COc1ccc(C=C2CCC3=C2OC(N)=C(C#N)C3c2ccc(OC)cc2)cc1. The van der Waals surface area contributed by atoms with Crippen LogP contribution in [0.25, 0.3) is 6.08 Å². The van der Waals surface area contributed by atoms with Crippen LogP contribution >= 0.6 is 0 Å². The molecule has 0 spiro atoms. The quantitative estimate of drug-likeness (QED) is 0.828. The van der Waals surface area contributed by atoms with Crippen LogP contribution in [0.4, 0.5) is 0 Å². The van der Waals surface area contributed by atoms with Gasteiger partial charge in [0.25, 0.3) is 0 Å². The summed E-state index contributed by atoms with van der Waals surface area (Å²) in [5.74, 6) is 2.36. The summed E-state index contributed by atoms with van der Waals surface area (Å²) in [7, 11) is 3.29. The van der Waals surface area contributed by atoms with E-state index in [0.29, 0.717) is 5.57 Å². The second kappa shape index (κ2) is 7.76. The van der Waals surface area contributed by atoms with Crippen molar-refractivity contribution in [2.24, 2.45) is 5.73 Å². The van der Waals surface area contributed by atoms with Crippen LogP contribution in [0.1, 0.15) is 29.9 Å². The summed E-state index contributed by atoms with van der Waals surface area (Å²) in [5.41, 5.74) is 10.9. The molecule has 0 aromatic heterocycles. The van der Waals surface area contributed by atoms with E-state index in [9.17, 15) is 5.26 Å². The fourth-order valence-corrected chi connectivity index (χ4v) is 3.91. The van der Waals surface area contributed by atoms with E-state index in [1.165, 1.54) is 0 Å². The number of benzene rings is 2. The lowest BCUT2D eigenvalue weighted by molar-refractivity contribution is 0.292. The van der Waals surface area contributed by atoms with E-state index in [-0.39, 0.29) is 11.8 Å². The zero-order valence-corrected chi connectivity index (χ0v) is 16.4. The minimum absolute atomic E-state index is 0.176. The number of nitrogens with zero attached hydrogens (tertiary/aromatic N) is 1. The predicted octanol–water partition coefficient (Wildman–Crippen LogP) is 4.64. The Balaban J connectivity index is 1.74. The molecule has 2 N–H and O–H groups in total. The average molecular weight is 386 g/mol. The fraction of sp³-hybridized carbons (Fsp3) is 0.208. The first-order chi connectivity index (χ1) is 14.1. The van der Waals surface area contributed by atoms with Crippen molar-refractivity contribution < 1.29 is 14.2 Å². The van der Waals surface area contributed by atoms with Gasteiger partial charge in [0.2, 0.25) is 5.88 Å². The van der Waals surface area contributed by atoms with Crippen LogP contribution in [0.3, 0.4) is 0 Å². The molecule has 0 amide bonds. The molecule has 1 aliphatic carbocycles. The molecule has 1 heterocycles. The molecule has 2 aromatic rings. The number of hydrogen-bond donors (Lipinski definition) is 1. The summed E-state index contributed by atoms with van der Waals surface area (Å²) in [5, 5.41) is 9.72. The Morgan fingerprint density at radius 1 is 1.00 bits per heavy atom. The van der Waals surface area contributed by atoms with Crippen LogP contribution in [-0.4, -0.2) is 14.2 Å². The molecule has 4 rings (SSSR count). The molecular formula is C24H22N2O3. The van der Waals surface area contributed by atoms with Gasteiger partial charge in [0.1, 0.15) is 28.9 Å². The Morgan fingerprint density at radius 2 is 1.62 bits per heavy atom. The highest BCUT2D eigenvalue weighted by molar-refractivity contribution is 5.64. The van der Waals surface area contributed by atoms with E-state index in [4.69, 9.17) is 19.9 Å². The van der Waals surface area contributed by atoms with Crippen LogP contribution < -0.4 is 15.2 Å². The van der Waals surface area contributed by atoms with E-state index < -0.39 is 0 Å². The first-order valence-corrected chi connectivity index (χ1v) is 9.44. The topological polar surface area (TPSA) is 77.5 Å². The highest BCUT2D eigenvalue weighted by atomic mass is 16.5. The van der Waals surface area contributed by atoms with Crippen LogP contribution in [0, 0.1) is 11.3 Å². The van der Waals surface area contributed by atoms with E-state index >= 15 is 0 Å². The molecule has 0 saturated carbocycles. The van der Waals surface area contributed by atoms with E-state index in [1.54, 1.807) is 14.2 Å². The molecule has 5 nitrogen and oxygen atoms in total. The number of ether oxygens (including phenoxy) is 3. The number of rotatable bonds is 4. The van der Waals surface area contributed by atoms with Crippen molar-refractivity contribution in [2.75, 3.05) is 14.2 Å². The average Bonchev–Trinajstić information content (AvgIpc) is 3.15. The molecule has 2 aromatic carbocycles. The van der Waals surface area contributed by atoms with Crippen molar-refractivity contribution in [3.8, 4) is 17.6 Å². The summed E-state index contributed by atoms with van der Waals surface area (Å²) in [6.45, 7) is 0. The largest absolute Gasteiger partial charge is 0.497 e. The smallest absolute Gasteiger partial charge is 0.205 e. The Bertz CT molecular complexity index is 1050. The molecule has 0 saturated heterocycles. The first-order valence-electron chi connectivity index (χ1n) is 9.44. The molecule has 1 atom stereocenters. The molecule has 0 bridgehead atoms. The van der Waals surface area contributed by atoms with Gasteiger partial charge in [0, 0.05) is 5.92 Å².